The predicted octanol–water partition coefficient (Wildman–Crippen LogP) is 2.89. The summed E-state index contributed by atoms with van der Waals surface area (Å²) < 4.78 is 18.8. The maximum atomic E-state index is 13.3. The highest BCUT2D eigenvalue weighted by molar-refractivity contribution is 7.09. The second kappa shape index (κ2) is 5.93. The number of thiazole rings is 1. The molecule has 0 unspecified atom stereocenters. The van der Waals surface area contributed by atoms with Gasteiger partial charge in [-0.2, -0.15) is 0 Å². The van der Waals surface area contributed by atoms with Crippen LogP contribution in [0, 0.1) is 12.7 Å². The number of hydrogen-bond donors (Lipinski definition) is 1. The van der Waals surface area contributed by atoms with Crippen LogP contribution in [0.25, 0.3) is 0 Å². The Morgan fingerprint density at radius 1 is 1.44 bits per heavy atom. The molecule has 0 aliphatic heterocycles. The molecular formula is C13H15FN2OS. The van der Waals surface area contributed by atoms with Gasteiger partial charge in [0.05, 0.1) is 5.69 Å². The van der Waals surface area contributed by atoms with E-state index in [4.69, 9.17) is 4.74 Å². The van der Waals surface area contributed by atoms with Gasteiger partial charge in [0.15, 0.2) is 0 Å². The lowest BCUT2D eigenvalue weighted by Crippen LogP contribution is -2.05. The molecule has 1 N–H and O–H groups in total. The van der Waals surface area contributed by atoms with Gasteiger partial charge in [-0.05, 0) is 25.6 Å². The van der Waals surface area contributed by atoms with Crippen LogP contribution in [0.15, 0.2) is 23.6 Å². The van der Waals surface area contributed by atoms with Crippen molar-refractivity contribution in [3.05, 3.63) is 45.7 Å². The average Bonchev–Trinajstić information content (AvgIpc) is 2.79. The third-order valence-corrected chi connectivity index (χ3v) is 3.35. The molecular weight excluding hydrogens is 251 g/mol. The van der Waals surface area contributed by atoms with Gasteiger partial charge in [-0.3, -0.25) is 0 Å². The molecule has 0 aliphatic rings. The monoisotopic (exact) mass is 266 g/mol. The van der Waals surface area contributed by atoms with Crippen molar-refractivity contribution in [2.24, 2.45) is 0 Å². The third kappa shape index (κ3) is 3.27. The van der Waals surface area contributed by atoms with Crippen LogP contribution < -0.4 is 10.1 Å². The van der Waals surface area contributed by atoms with Crippen LogP contribution in [0.3, 0.4) is 0 Å². The Morgan fingerprint density at radius 3 is 3.00 bits per heavy atom. The molecule has 0 aliphatic carbocycles. The van der Waals surface area contributed by atoms with E-state index in [-0.39, 0.29) is 5.82 Å². The molecule has 0 atom stereocenters. The van der Waals surface area contributed by atoms with Crippen LogP contribution >= 0.6 is 11.3 Å². The summed E-state index contributed by atoms with van der Waals surface area (Å²) in [7, 11) is 1.88. The Hall–Kier alpha value is -1.46. The van der Waals surface area contributed by atoms with Crippen molar-refractivity contribution in [1.29, 1.82) is 0 Å². The first-order chi connectivity index (χ1) is 8.69. The molecule has 1 aromatic carbocycles. The fourth-order valence-corrected chi connectivity index (χ4v) is 2.26. The van der Waals surface area contributed by atoms with Crippen LogP contribution in [0.5, 0.6) is 5.75 Å². The summed E-state index contributed by atoms with van der Waals surface area (Å²) in [5.74, 6) is 0.280. The topological polar surface area (TPSA) is 34.2 Å². The first kappa shape index (κ1) is 13.0. The van der Waals surface area contributed by atoms with Crippen molar-refractivity contribution in [2.75, 3.05) is 7.05 Å². The lowest BCUT2D eigenvalue weighted by molar-refractivity contribution is 0.300. The molecule has 0 amide bonds. The van der Waals surface area contributed by atoms with Gasteiger partial charge in [0, 0.05) is 18.0 Å². The smallest absolute Gasteiger partial charge is 0.131 e. The van der Waals surface area contributed by atoms with Crippen molar-refractivity contribution in [2.45, 2.75) is 20.1 Å². The Morgan fingerprint density at radius 2 is 2.28 bits per heavy atom. The van der Waals surface area contributed by atoms with Gasteiger partial charge in [-0.1, -0.05) is 6.07 Å². The van der Waals surface area contributed by atoms with E-state index in [0.29, 0.717) is 17.9 Å². The second-order valence-electron chi connectivity index (χ2n) is 3.96. The van der Waals surface area contributed by atoms with Crippen LogP contribution in [-0.4, -0.2) is 12.0 Å². The molecule has 0 radical (unpaired) electrons. The molecule has 1 aromatic heterocycles. The Bertz CT molecular complexity index is 527. The molecule has 96 valence electrons. The number of nitrogens with one attached hydrogen (secondary N) is 1. The van der Waals surface area contributed by atoms with Gasteiger partial charge in [0.2, 0.25) is 0 Å². The number of rotatable bonds is 5. The van der Waals surface area contributed by atoms with Gasteiger partial charge < -0.3 is 10.1 Å². The minimum absolute atomic E-state index is 0.248. The van der Waals surface area contributed by atoms with E-state index in [1.165, 1.54) is 6.07 Å². The molecule has 5 heteroatoms. The largest absolute Gasteiger partial charge is 0.487 e. The molecule has 0 bridgehead atoms. The van der Waals surface area contributed by atoms with Crippen molar-refractivity contribution >= 4 is 11.3 Å². The number of aryl methyl sites for hydroxylation is 1. The summed E-state index contributed by atoms with van der Waals surface area (Å²) in [6.07, 6.45) is 0. The Kier molecular flexibility index (Phi) is 4.28. The zero-order chi connectivity index (χ0) is 13.0. The lowest BCUT2D eigenvalue weighted by Gasteiger charge is -2.05. The Labute approximate surface area is 110 Å². The number of hydrogen-bond acceptors (Lipinski definition) is 4. The van der Waals surface area contributed by atoms with Gasteiger partial charge in [-0.25, -0.2) is 9.37 Å². The van der Waals surface area contributed by atoms with E-state index in [1.807, 2.05) is 12.4 Å². The summed E-state index contributed by atoms with van der Waals surface area (Å²) in [6, 6.07) is 4.87. The molecule has 0 saturated heterocycles. The maximum absolute atomic E-state index is 13.3. The molecule has 3 nitrogen and oxygen atoms in total. The molecule has 0 spiro atoms. The SMILES string of the molecule is CNCc1nc(COc2ccc(C)c(F)c2)cs1. The molecule has 0 fully saturated rings. The highest BCUT2D eigenvalue weighted by Crippen LogP contribution is 2.18. The highest BCUT2D eigenvalue weighted by Gasteiger charge is 2.04. The number of ether oxygens (including phenoxy) is 1. The first-order valence-corrected chi connectivity index (χ1v) is 6.54. The standard InChI is InChI=1S/C13H15FN2OS/c1-9-3-4-11(5-12(9)14)17-7-10-8-18-13(16-10)6-15-2/h3-5,8,15H,6-7H2,1-2H3. The minimum atomic E-state index is -0.248. The lowest BCUT2D eigenvalue weighted by atomic mass is 10.2. The van der Waals surface area contributed by atoms with Crippen LogP contribution in [0.1, 0.15) is 16.3 Å². The number of aromatic nitrogens is 1. The quantitative estimate of drug-likeness (QED) is 0.903. The van der Waals surface area contributed by atoms with E-state index in [1.54, 1.807) is 30.4 Å². The minimum Gasteiger partial charge on any atom is -0.487 e. The zero-order valence-corrected chi connectivity index (χ0v) is 11.2. The predicted molar refractivity (Wildman–Crippen MR) is 70.3 cm³/mol. The van der Waals surface area contributed by atoms with Crippen molar-refractivity contribution in [3.63, 3.8) is 0 Å². The van der Waals surface area contributed by atoms with Crippen molar-refractivity contribution in [3.8, 4) is 5.75 Å². The Balaban J connectivity index is 1.95. The second-order valence-corrected chi connectivity index (χ2v) is 4.91. The van der Waals surface area contributed by atoms with Crippen LogP contribution in [0.4, 0.5) is 4.39 Å². The summed E-state index contributed by atoms with van der Waals surface area (Å²) in [5, 5.41) is 6.02. The van der Waals surface area contributed by atoms with Gasteiger partial charge in [0.25, 0.3) is 0 Å². The van der Waals surface area contributed by atoms with Gasteiger partial charge in [0.1, 0.15) is 23.2 Å². The normalized spacial score (nSPS) is 10.6. The van der Waals surface area contributed by atoms with Gasteiger partial charge >= 0.3 is 0 Å². The summed E-state index contributed by atoms with van der Waals surface area (Å²) >= 11 is 1.59. The molecule has 18 heavy (non-hydrogen) atoms. The average molecular weight is 266 g/mol. The summed E-state index contributed by atoms with van der Waals surface area (Å²) in [4.78, 5) is 4.39. The molecule has 2 aromatic rings. The van der Waals surface area contributed by atoms with E-state index >= 15 is 0 Å². The number of benzene rings is 1. The molecule has 2 rings (SSSR count). The molecule has 0 saturated carbocycles. The van der Waals surface area contributed by atoms with Crippen molar-refractivity contribution in [1.82, 2.24) is 10.3 Å². The van der Waals surface area contributed by atoms with E-state index in [2.05, 4.69) is 10.3 Å². The first-order valence-electron chi connectivity index (χ1n) is 5.66. The van der Waals surface area contributed by atoms with Crippen molar-refractivity contribution < 1.29 is 9.13 Å². The number of halogens is 1. The van der Waals surface area contributed by atoms with Crippen LogP contribution in [0.2, 0.25) is 0 Å². The highest BCUT2D eigenvalue weighted by atomic mass is 32.1. The third-order valence-electron chi connectivity index (χ3n) is 2.46. The van der Waals surface area contributed by atoms with E-state index in [9.17, 15) is 4.39 Å². The summed E-state index contributed by atoms with van der Waals surface area (Å²) in [5.41, 5.74) is 1.48. The van der Waals surface area contributed by atoms with Gasteiger partial charge in [-0.15, -0.1) is 11.3 Å². The molecule has 1 heterocycles. The zero-order valence-electron chi connectivity index (χ0n) is 10.4. The maximum Gasteiger partial charge on any atom is 0.131 e. The van der Waals surface area contributed by atoms with E-state index in [0.717, 1.165) is 17.2 Å². The van der Waals surface area contributed by atoms with Crippen LogP contribution in [-0.2, 0) is 13.2 Å². The fourth-order valence-electron chi connectivity index (χ4n) is 1.47. The fraction of sp³-hybridized carbons (Fsp3) is 0.308. The van der Waals surface area contributed by atoms with E-state index < -0.39 is 0 Å². The number of nitrogens with zero attached hydrogens (tertiary/aromatic N) is 1. The summed E-state index contributed by atoms with van der Waals surface area (Å²) in [6.45, 7) is 2.84.